The number of methoxy groups -OCH3 is 2. The van der Waals surface area contributed by atoms with Crippen LogP contribution in [0, 0.1) is 0 Å². The van der Waals surface area contributed by atoms with Gasteiger partial charge in [-0.05, 0) is 6.07 Å². The van der Waals surface area contributed by atoms with Gasteiger partial charge in [-0.15, -0.1) is 0 Å². The van der Waals surface area contributed by atoms with Crippen LogP contribution < -0.4 is 10.1 Å². The predicted octanol–water partition coefficient (Wildman–Crippen LogP) is 0.985. The number of rotatable bonds is 6. The largest absolute Gasteiger partial charge is 0.481 e. The second kappa shape index (κ2) is 6.13. The monoisotopic (exact) mass is 252 g/mol. The van der Waals surface area contributed by atoms with Crippen molar-refractivity contribution in [2.75, 3.05) is 34.0 Å². The van der Waals surface area contributed by atoms with Gasteiger partial charge in [-0.1, -0.05) is 6.07 Å². The van der Waals surface area contributed by atoms with Gasteiger partial charge in [-0.25, -0.2) is 4.98 Å². The molecule has 2 rings (SSSR count). The highest BCUT2D eigenvalue weighted by atomic mass is 16.5. The number of ether oxygens (including phenoxy) is 3. The Kier molecular flexibility index (Phi) is 4.52. The molecule has 1 atom stereocenters. The summed E-state index contributed by atoms with van der Waals surface area (Å²) >= 11 is 0. The van der Waals surface area contributed by atoms with Crippen LogP contribution in [0.25, 0.3) is 0 Å². The lowest BCUT2D eigenvalue weighted by Gasteiger charge is -2.26. The zero-order chi connectivity index (χ0) is 12.8. The standard InChI is InChI=1S/C13H20N2O3/c1-16-12-11(4-3-6-15-12)8-14-9-13(17-2)5-7-18-10-13/h3-4,6,14H,5,7-10H2,1-2H3. The highest BCUT2D eigenvalue weighted by Gasteiger charge is 2.34. The zero-order valence-corrected chi connectivity index (χ0v) is 10.9. The molecule has 18 heavy (non-hydrogen) atoms. The van der Waals surface area contributed by atoms with Crippen LogP contribution in [-0.2, 0) is 16.0 Å². The third-order valence-electron chi connectivity index (χ3n) is 3.31. The fourth-order valence-electron chi connectivity index (χ4n) is 2.13. The molecular weight excluding hydrogens is 232 g/mol. The van der Waals surface area contributed by atoms with Gasteiger partial charge >= 0.3 is 0 Å². The van der Waals surface area contributed by atoms with Crippen LogP contribution in [0.1, 0.15) is 12.0 Å². The molecular formula is C13H20N2O3. The van der Waals surface area contributed by atoms with Crippen LogP contribution in [0.5, 0.6) is 5.88 Å². The summed E-state index contributed by atoms with van der Waals surface area (Å²) in [5, 5.41) is 3.39. The summed E-state index contributed by atoms with van der Waals surface area (Å²) in [6, 6.07) is 3.91. The van der Waals surface area contributed by atoms with Crippen molar-refractivity contribution in [3.63, 3.8) is 0 Å². The summed E-state index contributed by atoms with van der Waals surface area (Å²) in [5.41, 5.74) is 0.861. The van der Waals surface area contributed by atoms with Crippen molar-refractivity contribution < 1.29 is 14.2 Å². The molecule has 0 spiro atoms. The fourth-order valence-corrected chi connectivity index (χ4v) is 2.13. The second-order valence-electron chi connectivity index (χ2n) is 4.47. The summed E-state index contributed by atoms with van der Waals surface area (Å²) in [6.45, 7) is 2.90. The smallest absolute Gasteiger partial charge is 0.217 e. The summed E-state index contributed by atoms with van der Waals surface area (Å²) in [4.78, 5) is 4.17. The van der Waals surface area contributed by atoms with Gasteiger partial charge in [0.15, 0.2) is 0 Å². The Balaban J connectivity index is 1.88. The Morgan fingerprint density at radius 1 is 1.50 bits per heavy atom. The van der Waals surface area contributed by atoms with Crippen LogP contribution in [0.3, 0.4) is 0 Å². The van der Waals surface area contributed by atoms with Gasteiger partial charge in [0.1, 0.15) is 5.60 Å². The van der Waals surface area contributed by atoms with Crippen molar-refractivity contribution in [2.45, 2.75) is 18.6 Å². The van der Waals surface area contributed by atoms with E-state index in [-0.39, 0.29) is 5.60 Å². The van der Waals surface area contributed by atoms with E-state index >= 15 is 0 Å². The van der Waals surface area contributed by atoms with E-state index in [1.54, 1.807) is 20.4 Å². The van der Waals surface area contributed by atoms with Gasteiger partial charge in [0.25, 0.3) is 0 Å². The molecule has 0 radical (unpaired) electrons. The van der Waals surface area contributed by atoms with E-state index in [0.717, 1.165) is 25.1 Å². The molecule has 1 aromatic rings. The molecule has 1 aliphatic heterocycles. The molecule has 5 nitrogen and oxygen atoms in total. The molecule has 0 aromatic carbocycles. The lowest BCUT2D eigenvalue weighted by molar-refractivity contribution is -0.0159. The van der Waals surface area contributed by atoms with Crippen LogP contribution >= 0.6 is 0 Å². The average molecular weight is 252 g/mol. The van der Waals surface area contributed by atoms with Crippen LogP contribution in [0.4, 0.5) is 0 Å². The molecule has 0 amide bonds. The van der Waals surface area contributed by atoms with Gasteiger partial charge in [0, 0.05) is 45.0 Å². The van der Waals surface area contributed by atoms with Gasteiger partial charge in [-0.3, -0.25) is 0 Å². The van der Waals surface area contributed by atoms with Crippen LogP contribution in [0.2, 0.25) is 0 Å². The summed E-state index contributed by atoms with van der Waals surface area (Å²) < 4.78 is 16.2. The van der Waals surface area contributed by atoms with E-state index in [2.05, 4.69) is 10.3 Å². The minimum atomic E-state index is -0.185. The number of hydrogen-bond donors (Lipinski definition) is 1. The molecule has 1 aliphatic rings. The molecule has 1 aromatic heterocycles. The second-order valence-corrected chi connectivity index (χ2v) is 4.47. The van der Waals surface area contributed by atoms with Gasteiger partial charge in [0.2, 0.25) is 5.88 Å². The zero-order valence-electron chi connectivity index (χ0n) is 10.9. The molecule has 100 valence electrons. The first-order chi connectivity index (χ1) is 8.79. The van der Waals surface area contributed by atoms with Gasteiger partial charge in [-0.2, -0.15) is 0 Å². The molecule has 1 unspecified atom stereocenters. The van der Waals surface area contributed by atoms with Crippen molar-refractivity contribution in [1.82, 2.24) is 10.3 Å². The number of hydrogen-bond acceptors (Lipinski definition) is 5. The molecule has 5 heteroatoms. The van der Waals surface area contributed by atoms with E-state index in [4.69, 9.17) is 14.2 Å². The van der Waals surface area contributed by atoms with E-state index in [1.807, 2.05) is 12.1 Å². The highest BCUT2D eigenvalue weighted by Crippen LogP contribution is 2.22. The van der Waals surface area contributed by atoms with E-state index in [0.29, 0.717) is 19.0 Å². The molecule has 1 saturated heterocycles. The third-order valence-corrected chi connectivity index (χ3v) is 3.31. The van der Waals surface area contributed by atoms with E-state index in [9.17, 15) is 0 Å². The predicted molar refractivity (Wildman–Crippen MR) is 67.7 cm³/mol. The van der Waals surface area contributed by atoms with Crippen molar-refractivity contribution in [2.24, 2.45) is 0 Å². The molecule has 1 N–H and O–H groups in total. The highest BCUT2D eigenvalue weighted by molar-refractivity contribution is 5.25. The van der Waals surface area contributed by atoms with E-state index in [1.165, 1.54) is 0 Å². The molecule has 0 saturated carbocycles. The third kappa shape index (κ3) is 2.98. The van der Waals surface area contributed by atoms with Crippen molar-refractivity contribution in [1.29, 1.82) is 0 Å². The molecule has 0 aliphatic carbocycles. The summed E-state index contributed by atoms with van der Waals surface area (Å²) in [7, 11) is 3.37. The SMILES string of the molecule is COc1ncccc1CNCC1(OC)CCOC1. The van der Waals surface area contributed by atoms with Crippen molar-refractivity contribution >= 4 is 0 Å². The van der Waals surface area contributed by atoms with Crippen LogP contribution in [0.15, 0.2) is 18.3 Å². The Labute approximate surface area is 107 Å². The van der Waals surface area contributed by atoms with Crippen molar-refractivity contribution in [3.05, 3.63) is 23.9 Å². The van der Waals surface area contributed by atoms with E-state index < -0.39 is 0 Å². The maximum Gasteiger partial charge on any atom is 0.217 e. The first-order valence-corrected chi connectivity index (χ1v) is 6.11. The first-order valence-electron chi connectivity index (χ1n) is 6.11. The Bertz CT molecular complexity index is 378. The number of pyridine rings is 1. The number of nitrogens with zero attached hydrogens (tertiary/aromatic N) is 1. The minimum absolute atomic E-state index is 0.185. The topological polar surface area (TPSA) is 52.6 Å². The normalized spacial score (nSPS) is 23.2. The lowest BCUT2D eigenvalue weighted by atomic mass is 10.0. The maximum atomic E-state index is 5.56. The Morgan fingerprint density at radius 2 is 2.39 bits per heavy atom. The fraction of sp³-hybridized carbons (Fsp3) is 0.615. The lowest BCUT2D eigenvalue weighted by Crippen LogP contribution is -2.42. The Hall–Kier alpha value is -1.17. The maximum absolute atomic E-state index is 5.56. The number of aromatic nitrogens is 1. The molecule has 0 bridgehead atoms. The number of nitrogens with one attached hydrogen (secondary N) is 1. The average Bonchev–Trinajstić information content (AvgIpc) is 2.89. The summed E-state index contributed by atoms with van der Waals surface area (Å²) in [6.07, 6.45) is 2.66. The summed E-state index contributed by atoms with van der Waals surface area (Å²) in [5.74, 6) is 0.666. The molecule has 1 fully saturated rings. The molecule has 2 heterocycles. The Morgan fingerprint density at radius 3 is 3.06 bits per heavy atom. The quantitative estimate of drug-likeness (QED) is 0.818. The van der Waals surface area contributed by atoms with Gasteiger partial charge in [0.05, 0.1) is 13.7 Å². The first kappa shape index (κ1) is 13.3. The van der Waals surface area contributed by atoms with Crippen LogP contribution in [-0.4, -0.2) is 44.6 Å². The minimum Gasteiger partial charge on any atom is -0.481 e. The van der Waals surface area contributed by atoms with Gasteiger partial charge < -0.3 is 19.5 Å². The van der Waals surface area contributed by atoms with Crippen molar-refractivity contribution in [3.8, 4) is 5.88 Å².